The molecule has 0 aromatic heterocycles. The topological polar surface area (TPSA) is 235 Å². The van der Waals surface area contributed by atoms with Gasteiger partial charge >= 0.3 is 5.97 Å². The van der Waals surface area contributed by atoms with Crippen molar-refractivity contribution >= 4 is 29.7 Å². The molecule has 40 heavy (non-hydrogen) atoms. The van der Waals surface area contributed by atoms with Crippen LogP contribution in [0.2, 0.25) is 0 Å². The number of aromatic hydroxyl groups is 1. The molecule has 1 aromatic rings. The number of phenolic OH excluding ortho intramolecular Hbond substituents is 1. The third kappa shape index (κ3) is 11.5. The normalized spacial score (nSPS) is 15.4. The molecular formula is C27H45N7O6. The van der Waals surface area contributed by atoms with Crippen molar-refractivity contribution in [2.75, 3.05) is 6.54 Å². The first-order valence-corrected chi connectivity index (χ1v) is 13.5. The summed E-state index contributed by atoms with van der Waals surface area (Å²) in [5.74, 6) is -3.58. The van der Waals surface area contributed by atoms with Crippen LogP contribution in [0.4, 0.5) is 0 Å². The van der Waals surface area contributed by atoms with Crippen LogP contribution in [0.1, 0.15) is 58.9 Å². The van der Waals surface area contributed by atoms with Gasteiger partial charge in [0.2, 0.25) is 17.7 Å². The summed E-state index contributed by atoms with van der Waals surface area (Å²) in [5.41, 5.74) is 17.3. The van der Waals surface area contributed by atoms with Gasteiger partial charge in [0.15, 0.2) is 5.96 Å². The molecule has 6 unspecified atom stereocenters. The number of hydrogen-bond donors (Lipinski definition) is 8. The smallest absolute Gasteiger partial charge is 0.326 e. The number of nitrogens with two attached hydrogens (primary N) is 3. The average molecular weight is 564 g/mol. The number of hydrogen-bond acceptors (Lipinski definition) is 7. The lowest BCUT2D eigenvalue weighted by Gasteiger charge is -2.28. The predicted octanol–water partition coefficient (Wildman–Crippen LogP) is -0.0532. The van der Waals surface area contributed by atoms with Crippen LogP contribution in [-0.4, -0.2) is 70.6 Å². The predicted molar refractivity (Wildman–Crippen MR) is 152 cm³/mol. The molecule has 0 fully saturated rings. The Kier molecular flexibility index (Phi) is 14.5. The molecule has 1 aromatic carbocycles. The zero-order valence-electron chi connectivity index (χ0n) is 23.7. The number of nitrogens with zero attached hydrogens (tertiary/aromatic N) is 1. The van der Waals surface area contributed by atoms with E-state index in [1.165, 1.54) is 12.1 Å². The Hall–Kier alpha value is -3.87. The van der Waals surface area contributed by atoms with Gasteiger partial charge in [-0.1, -0.05) is 52.7 Å². The molecule has 11 N–H and O–H groups in total. The van der Waals surface area contributed by atoms with Crippen molar-refractivity contribution in [2.45, 2.75) is 84.0 Å². The lowest BCUT2D eigenvalue weighted by molar-refractivity contribution is -0.143. The number of carbonyl (C=O) groups is 4. The summed E-state index contributed by atoms with van der Waals surface area (Å²) < 4.78 is 0. The minimum atomic E-state index is -1.23. The van der Waals surface area contributed by atoms with Gasteiger partial charge < -0.3 is 43.4 Å². The Morgan fingerprint density at radius 3 is 1.98 bits per heavy atom. The first-order valence-electron chi connectivity index (χ1n) is 13.5. The van der Waals surface area contributed by atoms with Crippen LogP contribution < -0.4 is 33.2 Å². The van der Waals surface area contributed by atoms with Crippen molar-refractivity contribution in [1.82, 2.24) is 16.0 Å². The molecule has 3 amide bonds. The molecule has 0 bridgehead atoms. The maximum atomic E-state index is 13.5. The number of benzene rings is 1. The van der Waals surface area contributed by atoms with Crippen LogP contribution in [0, 0.1) is 11.8 Å². The lowest BCUT2D eigenvalue weighted by atomic mass is 9.96. The third-order valence-electron chi connectivity index (χ3n) is 6.92. The van der Waals surface area contributed by atoms with Gasteiger partial charge in [0, 0.05) is 13.0 Å². The van der Waals surface area contributed by atoms with Gasteiger partial charge in [0.1, 0.15) is 23.9 Å². The molecule has 0 heterocycles. The highest BCUT2D eigenvalue weighted by molar-refractivity contribution is 5.94. The van der Waals surface area contributed by atoms with Crippen molar-refractivity contribution in [3.63, 3.8) is 0 Å². The SMILES string of the molecule is CCC(C)C(N)C(=O)NC(Cc1ccc(O)cc1)C(=O)NC(C(=O)NC(CCCN=C(N)N)C(=O)O)C(C)CC. The summed E-state index contributed by atoms with van der Waals surface area (Å²) >= 11 is 0. The Balaban J connectivity index is 3.13. The number of phenols is 1. The highest BCUT2D eigenvalue weighted by Crippen LogP contribution is 2.14. The van der Waals surface area contributed by atoms with Crippen LogP contribution >= 0.6 is 0 Å². The van der Waals surface area contributed by atoms with Gasteiger partial charge in [-0.2, -0.15) is 0 Å². The van der Waals surface area contributed by atoms with E-state index in [0.29, 0.717) is 24.8 Å². The Labute approximate surface area is 235 Å². The summed E-state index contributed by atoms with van der Waals surface area (Å²) in [6.45, 7) is 7.52. The average Bonchev–Trinajstić information content (AvgIpc) is 2.92. The van der Waals surface area contributed by atoms with E-state index in [1.807, 2.05) is 20.8 Å². The number of amides is 3. The van der Waals surface area contributed by atoms with Crippen molar-refractivity contribution < 1.29 is 29.4 Å². The Morgan fingerprint density at radius 1 is 0.875 bits per heavy atom. The molecule has 224 valence electrons. The minimum Gasteiger partial charge on any atom is -0.508 e. The number of carbonyl (C=O) groups excluding carboxylic acids is 3. The zero-order valence-corrected chi connectivity index (χ0v) is 23.7. The molecule has 0 saturated carbocycles. The monoisotopic (exact) mass is 563 g/mol. The second-order valence-electron chi connectivity index (χ2n) is 10.1. The first kappa shape index (κ1) is 34.2. The maximum Gasteiger partial charge on any atom is 0.326 e. The van der Waals surface area contributed by atoms with E-state index in [9.17, 15) is 29.4 Å². The molecule has 6 atom stereocenters. The molecule has 0 spiro atoms. The first-order chi connectivity index (χ1) is 18.8. The fraction of sp³-hybridized carbons (Fsp3) is 0.593. The number of aliphatic imine (C=N–C) groups is 1. The van der Waals surface area contributed by atoms with E-state index >= 15 is 0 Å². The van der Waals surface area contributed by atoms with Gasteiger partial charge in [-0.3, -0.25) is 19.4 Å². The van der Waals surface area contributed by atoms with Gasteiger partial charge in [-0.05, 0) is 42.4 Å². The Morgan fingerprint density at radius 2 is 1.45 bits per heavy atom. The number of carboxylic acids is 1. The van der Waals surface area contributed by atoms with Crippen LogP contribution in [0.25, 0.3) is 0 Å². The molecule has 0 radical (unpaired) electrons. The second kappa shape index (κ2) is 17.0. The minimum absolute atomic E-state index is 0.0485. The van der Waals surface area contributed by atoms with Crippen LogP contribution in [0.3, 0.4) is 0 Å². The van der Waals surface area contributed by atoms with Crippen LogP contribution in [0.5, 0.6) is 5.75 Å². The van der Waals surface area contributed by atoms with Crippen molar-refractivity contribution in [3.05, 3.63) is 29.8 Å². The van der Waals surface area contributed by atoms with Gasteiger partial charge in [-0.15, -0.1) is 0 Å². The molecule has 1 rings (SSSR count). The molecule has 13 heteroatoms. The largest absolute Gasteiger partial charge is 0.508 e. The van der Waals surface area contributed by atoms with E-state index in [-0.39, 0.29) is 42.9 Å². The van der Waals surface area contributed by atoms with Gasteiger partial charge in [0.05, 0.1) is 6.04 Å². The quantitative estimate of drug-likeness (QED) is 0.0719. The van der Waals surface area contributed by atoms with E-state index in [1.54, 1.807) is 19.1 Å². The maximum absolute atomic E-state index is 13.5. The van der Waals surface area contributed by atoms with E-state index in [0.717, 1.165) is 0 Å². The Bertz CT molecular complexity index is 1010. The number of carboxylic acid groups (broad SMARTS) is 1. The van der Waals surface area contributed by atoms with E-state index in [4.69, 9.17) is 17.2 Å². The van der Waals surface area contributed by atoms with Gasteiger partial charge in [0.25, 0.3) is 0 Å². The molecule has 0 aliphatic heterocycles. The number of guanidine groups is 1. The number of aliphatic carboxylic acids is 1. The highest BCUT2D eigenvalue weighted by atomic mass is 16.4. The summed E-state index contributed by atoms with van der Waals surface area (Å²) in [5, 5.41) is 27.1. The van der Waals surface area contributed by atoms with Crippen molar-refractivity contribution in [1.29, 1.82) is 0 Å². The molecule has 0 aliphatic carbocycles. The van der Waals surface area contributed by atoms with Crippen LogP contribution in [-0.2, 0) is 25.6 Å². The van der Waals surface area contributed by atoms with Gasteiger partial charge in [-0.25, -0.2) is 4.79 Å². The van der Waals surface area contributed by atoms with Crippen molar-refractivity contribution in [3.8, 4) is 5.75 Å². The fourth-order valence-corrected chi connectivity index (χ4v) is 3.84. The lowest BCUT2D eigenvalue weighted by Crippen LogP contribution is -2.59. The number of nitrogens with one attached hydrogen (secondary N) is 3. The standard InChI is InChI=1S/C27H45N7O6/c1-5-15(3)21(28)24(37)33-20(14-17-9-11-18(35)12-10-17)23(36)34-22(16(4)6-2)25(38)32-19(26(39)40)8-7-13-31-27(29)30/h9-12,15-16,19-22,35H,5-8,13-14,28H2,1-4H3,(H,32,38)(H,33,37)(H,34,36)(H,39,40)(H4,29,30,31). The van der Waals surface area contributed by atoms with E-state index < -0.39 is 47.9 Å². The molecule has 13 nitrogen and oxygen atoms in total. The highest BCUT2D eigenvalue weighted by Gasteiger charge is 2.33. The van der Waals surface area contributed by atoms with Crippen LogP contribution in [0.15, 0.2) is 29.3 Å². The summed E-state index contributed by atoms with van der Waals surface area (Å²) in [7, 11) is 0. The second-order valence-corrected chi connectivity index (χ2v) is 10.1. The third-order valence-corrected chi connectivity index (χ3v) is 6.92. The van der Waals surface area contributed by atoms with E-state index in [2.05, 4.69) is 20.9 Å². The number of rotatable bonds is 17. The molecular weight excluding hydrogens is 518 g/mol. The molecule has 0 aliphatic rings. The summed E-state index contributed by atoms with van der Waals surface area (Å²) in [6, 6.07) is 1.96. The fourth-order valence-electron chi connectivity index (χ4n) is 3.84. The summed E-state index contributed by atoms with van der Waals surface area (Å²) in [6.07, 6.45) is 1.63. The zero-order chi connectivity index (χ0) is 30.4. The summed E-state index contributed by atoms with van der Waals surface area (Å²) in [4.78, 5) is 55.2. The molecule has 0 saturated heterocycles. The van der Waals surface area contributed by atoms with Crippen molar-refractivity contribution in [2.24, 2.45) is 34.0 Å².